The molecular weight excluding hydrogens is 577 g/mol. The average Bonchev–Trinajstić information content (AvgIpc) is 2.92. The van der Waals surface area contributed by atoms with Gasteiger partial charge in [-0.25, -0.2) is 22.9 Å². The molecule has 4 aromatic rings. The number of primary sulfonamides is 1. The molecule has 0 bridgehead atoms. The van der Waals surface area contributed by atoms with Crippen molar-refractivity contribution < 1.29 is 22.2 Å². The summed E-state index contributed by atoms with van der Waals surface area (Å²) in [6.45, 7) is 0. The fourth-order valence-corrected chi connectivity index (χ4v) is 6.62. The number of benzene rings is 4. The number of rotatable bonds is 9. The highest BCUT2D eigenvalue weighted by molar-refractivity contribution is 8.76. The van der Waals surface area contributed by atoms with E-state index < -0.39 is 21.0 Å². The number of sulfonamides is 1. The van der Waals surface area contributed by atoms with Crippen LogP contribution >= 0.6 is 21.6 Å². The highest BCUT2D eigenvalue weighted by atomic mass is 33.1. The lowest BCUT2D eigenvalue weighted by atomic mass is 10.2. The highest BCUT2D eigenvalue weighted by Crippen LogP contribution is 2.40. The van der Waals surface area contributed by atoms with Crippen molar-refractivity contribution in [1.29, 1.82) is 0 Å². The van der Waals surface area contributed by atoms with E-state index in [0.29, 0.717) is 37.2 Å². The van der Waals surface area contributed by atoms with E-state index in [1.165, 1.54) is 45.9 Å². The van der Waals surface area contributed by atoms with E-state index in [0.717, 1.165) is 0 Å². The van der Waals surface area contributed by atoms with Crippen molar-refractivity contribution in [3.8, 4) is 0 Å². The van der Waals surface area contributed by atoms with Gasteiger partial charge >= 0.3 is 0 Å². The van der Waals surface area contributed by atoms with Gasteiger partial charge in [-0.1, -0.05) is 45.9 Å². The van der Waals surface area contributed by atoms with Crippen LogP contribution in [0.4, 0.5) is 11.4 Å². The molecule has 4 rings (SSSR count). The first-order chi connectivity index (χ1) is 18.6. The number of anilines is 2. The number of carbonyl (C=O) groups is 2. The third-order valence-corrected chi connectivity index (χ3v) is 9.42. The van der Waals surface area contributed by atoms with Crippen LogP contribution in [0, 0.1) is 0 Å². The molecule has 0 aliphatic carbocycles. The number of nitrogens with two attached hydrogens (primary N) is 2. The minimum absolute atomic E-state index is 0.0560. The molecule has 1 unspecified atom stereocenters. The summed E-state index contributed by atoms with van der Waals surface area (Å²) in [5.41, 5.74) is 1.79. The van der Waals surface area contributed by atoms with Crippen LogP contribution in [0.25, 0.3) is 0 Å². The minimum Gasteiger partial charge on any atom is -0.322 e. The summed E-state index contributed by atoms with van der Waals surface area (Å²) >= 11 is 0. The molecule has 0 aromatic heterocycles. The SMILES string of the molecule is NS(=O)c1ccc(NC(=O)c2ccccc2SSc2ccccc2C(=O)Nc2ccc(S(N)(=O)=O)cc2)cc1. The standard InChI is InChI=1S/C26H22N4O5S4/c27-38(33)19-13-9-17(10-14-19)29-25(31)21-5-1-3-7-23(21)36-37-24-8-4-2-6-22(24)26(32)30-18-11-15-20(16-12-18)39(28,34)35/h1-16H,27H2,(H,29,31)(H,30,32)(H2,28,34,35). The normalized spacial score (nSPS) is 11.9. The fraction of sp³-hybridized carbons (Fsp3) is 0. The van der Waals surface area contributed by atoms with Crippen LogP contribution in [0.3, 0.4) is 0 Å². The molecule has 1 atom stereocenters. The number of hydrogen-bond donors (Lipinski definition) is 4. The predicted molar refractivity (Wildman–Crippen MR) is 155 cm³/mol. The van der Waals surface area contributed by atoms with Crippen LogP contribution in [-0.4, -0.2) is 24.4 Å². The van der Waals surface area contributed by atoms with Crippen LogP contribution in [0.5, 0.6) is 0 Å². The summed E-state index contributed by atoms with van der Waals surface area (Å²) in [6, 6.07) is 26.1. The van der Waals surface area contributed by atoms with Crippen LogP contribution in [0.1, 0.15) is 20.7 Å². The molecule has 0 spiro atoms. The van der Waals surface area contributed by atoms with Gasteiger partial charge in [0.15, 0.2) is 0 Å². The third-order valence-electron chi connectivity index (χ3n) is 5.27. The molecule has 2 amide bonds. The molecule has 39 heavy (non-hydrogen) atoms. The van der Waals surface area contributed by atoms with E-state index in [4.69, 9.17) is 10.3 Å². The lowest BCUT2D eigenvalue weighted by Gasteiger charge is -2.12. The van der Waals surface area contributed by atoms with Gasteiger partial charge in [-0.2, -0.15) is 0 Å². The summed E-state index contributed by atoms with van der Waals surface area (Å²) < 4.78 is 34.3. The average molecular weight is 599 g/mol. The van der Waals surface area contributed by atoms with E-state index >= 15 is 0 Å². The predicted octanol–water partition coefficient (Wildman–Crippen LogP) is 4.62. The highest BCUT2D eigenvalue weighted by Gasteiger charge is 2.16. The molecule has 4 aromatic carbocycles. The van der Waals surface area contributed by atoms with Crippen molar-refractivity contribution >= 4 is 65.8 Å². The Balaban J connectivity index is 1.46. The molecular formula is C26H22N4O5S4. The molecule has 200 valence electrons. The fourth-order valence-electron chi connectivity index (χ4n) is 3.34. The van der Waals surface area contributed by atoms with Gasteiger partial charge in [0, 0.05) is 21.2 Å². The molecule has 13 heteroatoms. The first-order valence-corrected chi connectivity index (χ1v) is 16.1. The summed E-state index contributed by atoms with van der Waals surface area (Å²) in [5.74, 6) is -0.704. The Kier molecular flexibility index (Phi) is 9.22. The summed E-state index contributed by atoms with van der Waals surface area (Å²) in [6.07, 6.45) is 0. The Morgan fingerprint density at radius 3 is 1.49 bits per heavy atom. The first-order valence-electron chi connectivity index (χ1n) is 11.2. The molecule has 0 saturated heterocycles. The van der Waals surface area contributed by atoms with Gasteiger partial charge in [0.05, 0.1) is 20.9 Å². The Morgan fingerprint density at radius 2 is 1.08 bits per heavy atom. The Labute approximate surface area is 235 Å². The topological polar surface area (TPSA) is 161 Å². The van der Waals surface area contributed by atoms with E-state index in [1.54, 1.807) is 60.7 Å². The summed E-state index contributed by atoms with van der Waals surface area (Å²) in [5, 5.41) is 16.1. The van der Waals surface area contributed by atoms with Gasteiger partial charge in [0.1, 0.15) is 11.0 Å². The second kappa shape index (κ2) is 12.6. The Bertz CT molecular complexity index is 1640. The minimum atomic E-state index is -3.84. The maximum absolute atomic E-state index is 13.0. The zero-order valence-corrected chi connectivity index (χ0v) is 23.3. The Morgan fingerprint density at radius 1 is 0.667 bits per heavy atom. The van der Waals surface area contributed by atoms with Gasteiger partial charge in [0.2, 0.25) is 10.0 Å². The first kappa shape index (κ1) is 28.5. The second-order valence-electron chi connectivity index (χ2n) is 7.96. The van der Waals surface area contributed by atoms with Crippen molar-refractivity contribution in [1.82, 2.24) is 0 Å². The Hall–Kier alpha value is -3.46. The zero-order chi connectivity index (χ0) is 28.0. The van der Waals surface area contributed by atoms with Gasteiger partial charge in [0.25, 0.3) is 11.8 Å². The molecule has 9 nitrogen and oxygen atoms in total. The molecule has 6 N–H and O–H groups in total. The van der Waals surface area contributed by atoms with E-state index in [1.807, 2.05) is 12.1 Å². The van der Waals surface area contributed by atoms with Crippen LogP contribution in [0.2, 0.25) is 0 Å². The van der Waals surface area contributed by atoms with E-state index in [9.17, 15) is 22.2 Å². The summed E-state index contributed by atoms with van der Waals surface area (Å²) in [4.78, 5) is 27.8. The quantitative estimate of drug-likeness (QED) is 0.204. The third kappa shape index (κ3) is 7.56. The molecule has 0 fully saturated rings. The van der Waals surface area contributed by atoms with Crippen molar-refractivity contribution in [2.45, 2.75) is 19.6 Å². The second-order valence-corrected chi connectivity index (χ2v) is 12.8. The van der Waals surface area contributed by atoms with Crippen molar-refractivity contribution in [3.05, 3.63) is 108 Å². The van der Waals surface area contributed by atoms with E-state index in [-0.39, 0.29) is 16.7 Å². The number of amides is 2. The zero-order valence-electron chi connectivity index (χ0n) is 20.1. The van der Waals surface area contributed by atoms with Crippen LogP contribution < -0.4 is 20.9 Å². The lowest BCUT2D eigenvalue weighted by molar-refractivity contribution is 0.101. The van der Waals surface area contributed by atoms with Gasteiger partial charge < -0.3 is 10.6 Å². The molecule has 0 aliphatic heterocycles. The molecule has 0 aliphatic rings. The maximum Gasteiger partial charge on any atom is 0.256 e. The van der Waals surface area contributed by atoms with Gasteiger partial charge in [-0.15, -0.1) is 0 Å². The number of hydrogen-bond acceptors (Lipinski definition) is 7. The van der Waals surface area contributed by atoms with Crippen molar-refractivity contribution in [3.63, 3.8) is 0 Å². The van der Waals surface area contributed by atoms with Crippen molar-refractivity contribution in [2.24, 2.45) is 10.3 Å². The number of carbonyl (C=O) groups excluding carboxylic acids is 2. The monoisotopic (exact) mass is 598 g/mol. The van der Waals surface area contributed by atoms with Crippen molar-refractivity contribution in [2.75, 3.05) is 10.6 Å². The number of nitrogens with one attached hydrogen (secondary N) is 2. The van der Waals surface area contributed by atoms with Crippen LogP contribution in [0.15, 0.2) is 117 Å². The summed E-state index contributed by atoms with van der Waals surface area (Å²) in [7, 11) is -2.80. The van der Waals surface area contributed by atoms with E-state index in [2.05, 4.69) is 10.6 Å². The lowest BCUT2D eigenvalue weighted by Crippen LogP contribution is -2.14. The smallest absolute Gasteiger partial charge is 0.256 e. The molecule has 0 heterocycles. The molecule has 0 radical (unpaired) electrons. The van der Waals surface area contributed by atoms with Gasteiger partial charge in [-0.05, 0) is 72.8 Å². The maximum atomic E-state index is 13.0. The van der Waals surface area contributed by atoms with Crippen LogP contribution in [-0.2, 0) is 21.0 Å². The largest absolute Gasteiger partial charge is 0.322 e. The van der Waals surface area contributed by atoms with Gasteiger partial charge in [-0.3, -0.25) is 9.59 Å². The molecule has 0 saturated carbocycles.